The van der Waals surface area contributed by atoms with Crippen molar-refractivity contribution in [1.29, 1.82) is 0 Å². The lowest BCUT2D eigenvalue weighted by Gasteiger charge is -2.24. The van der Waals surface area contributed by atoms with Gasteiger partial charge in [0.25, 0.3) is 0 Å². The highest BCUT2D eigenvalue weighted by molar-refractivity contribution is 6.26. The van der Waals surface area contributed by atoms with E-state index in [-0.39, 0.29) is 29.2 Å². The third-order valence-electron chi connectivity index (χ3n) is 4.63. The summed E-state index contributed by atoms with van der Waals surface area (Å²) in [7, 11) is 0. The fourth-order valence-electron chi connectivity index (χ4n) is 3.78. The molecule has 0 spiro atoms. The van der Waals surface area contributed by atoms with Gasteiger partial charge in [0.2, 0.25) is 5.78 Å². The van der Waals surface area contributed by atoms with Crippen molar-refractivity contribution in [2.75, 3.05) is 0 Å². The second-order valence-electron chi connectivity index (χ2n) is 5.59. The van der Waals surface area contributed by atoms with Crippen molar-refractivity contribution in [2.45, 2.75) is 31.6 Å². The maximum Gasteiger partial charge on any atom is 0.202 e. The first kappa shape index (κ1) is 10.9. The number of carbonyl (C=O) groups is 3. The minimum atomic E-state index is -0.223. The van der Waals surface area contributed by atoms with Crippen molar-refractivity contribution in [2.24, 2.45) is 5.92 Å². The molecule has 3 aliphatic carbocycles. The van der Waals surface area contributed by atoms with Gasteiger partial charge in [0.1, 0.15) is 0 Å². The van der Waals surface area contributed by atoms with Crippen LogP contribution in [0.15, 0.2) is 12.2 Å². The Morgan fingerprint density at radius 1 is 0.895 bits per heavy atom. The van der Waals surface area contributed by atoms with Crippen LogP contribution >= 0.6 is 0 Å². The predicted octanol–water partition coefficient (Wildman–Crippen LogP) is 2.42. The minimum Gasteiger partial charge on any atom is -0.354 e. The average molecular weight is 255 g/mol. The Kier molecular flexibility index (Phi) is 2.03. The van der Waals surface area contributed by atoms with Crippen LogP contribution in [-0.4, -0.2) is 22.3 Å². The maximum atomic E-state index is 12.5. The smallest absolute Gasteiger partial charge is 0.202 e. The zero-order valence-corrected chi connectivity index (χ0v) is 10.4. The standard InChI is InChI=1S/C15H13NO3/c17-9-5-6-10(18)14-11(9)12-13(16-14)7-3-1-2-4-8(7)15(12)19/h5-8,16H,1-4H2. The van der Waals surface area contributed by atoms with Gasteiger partial charge in [-0.15, -0.1) is 0 Å². The first-order valence-corrected chi connectivity index (χ1v) is 6.75. The number of hydrogen-bond acceptors (Lipinski definition) is 3. The molecule has 4 nitrogen and oxygen atoms in total. The van der Waals surface area contributed by atoms with Crippen LogP contribution in [0.1, 0.15) is 68.5 Å². The Bertz CT molecular complexity index is 665. The van der Waals surface area contributed by atoms with E-state index in [0.717, 1.165) is 31.4 Å². The number of carbonyl (C=O) groups excluding carboxylic acids is 3. The Morgan fingerprint density at radius 2 is 1.58 bits per heavy atom. The first-order chi connectivity index (χ1) is 9.18. The van der Waals surface area contributed by atoms with Crippen molar-refractivity contribution in [3.05, 3.63) is 34.7 Å². The number of Topliss-reactive ketones (excluding diaryl/α,β-unsaturated/α-hetero) is 1. The van der Waals surface area contributed by atoms with Gasteiger partial charge >= 0.3 is 0 Å². The first-order valence-electron chi connectivity index (χ1n) is 6.75. The summed E-state index contributed by atoms with van der Waals surface area (Å²) >= 11 is 0. The molecule has 0 amide bonds. The van der Waals surface area contributed by atoms with Crippen LogP contribution in [0.2, 0.25) is 0 Å². The molecule has 96 valence electrons. The highest BCUT2D eigenvalue weighted by Crippen LogP contribution is 2.48. The van der Waals surface area contributed by atoms with E-state index in [0.29, 0.717) is 16.8 Å². The number of nitrogens with one attached hydrogen (secondary N) is 1. The number of hydrogen-bond donors (Lipinski definition) is 1. The number of H-pyrrole nitrogens is 1. The Hall–Kier alpha value is -1.97. The van der Waals surface area contributed by atoms with E-state index in [9.17, 15) is 14.4 Å². The molecule has 1 N–H and O–H groups in total. The van der Waals surface area contributed by atoms with Crippen molar-refractivity contribution in [3.63, 3.8) is 0 Å². The molecule has 1 aromatic heterocycles. The summed E-state index contributed by atoms with van der Waals surface area (Å²) in [6, 6.07) is 0. The lowest BCUT2D eigenvalue weighted by atomic mass is 9.80. The lowest BCUT2D eigenvalue weighted by Crippen LogP contribution is -2.21. The molecule has 19 heavy (non-hydrogen) atoms. The quantitative estimate of drug-likeness (QED) is 0.774. The molecule has 2 atom stereocenters. The second-order valence-corrected chi connectivity index (χ2v) is 5.59. The fraction of sp³-hybridized carbons (Fsp3) is 0.400. The van der Waals surface area contributed by atoms with Gasteiger partial charge in [-0.25, -0.2) is 0 Å². The molecule has 0 radical (unpaired) electrons. The SMILES string of the molecule is O=C1C=CC(=O)c2c1[nH]c1c2C(=O)C2CCCCC12. The number of rotatable bonds is 0. The van der Waals surface area contributed by atoms with E-state index in [1.165, 1.54) is 12.2 Å². The normalized spacial score (nSPS) is 28.3. The summed E-state index contributed by atoms with van der Waals surface area (Å²) in [6.45, 7) is 0. The van der Waals surface area contributed by atoms with Gasteiger partial charge in [-0.2, -0.15) is 0 Å². The van der Waals surface area contributed by atoms with E-state index in [2.05, 4.69) is 4.98 Å². The summed E-state index contributed by atoms with van der Waals surface area (Å²) in [5, 5.41) is 0. The molecule has 1 saturated carbocycles. The van der Waals surface area contributed by atoms with Crippen molar-refractivity contribution in [1.82, 2.24) is 4.98 Å². The molecular weight excluding hydrogens is 242 g/mol. The highest BCUT2D eigenvalue weighted by Gasteiger charge is 2.46. The van der Waals surface area contributed by atoms with Crippen molar-refractivity contribution in [3.8, 4) is 0 Å². The van der Waals surface area contributed by atoms with Crippen LogP contribution < -0.4 is 0 Å². The number of aromatic nitrogens is 1. The number of fused-ring (bicyclic) bond motifs is 5. The Labute approximate surface area is 109 Å². The number of allylic oxidation sites excluding steroid dienone is 2. The maximum absolute atomic E-state index is 12.5. The Balaban J connectivity index is 1.95. The summed E-state index contributed by atoms with van der Waals surface area (Å²) < 4.78 is 0. The summed E-state index contributed by atoms with van der Waals surface area (Å²) in [5.41, 5.74) is 1.98. The highest BCUT2D eigenvalue weighted by atomic mass is 16.1. The minimum absolute atomic E-state index is 0.0223. The molecule has 4 heteroatoms. The monoisotopic (exact) mass is 255 g/mol. The van der Waals surface area contributed by atoms with Gasteiger partial charge < -0.3 is 4.98 Å². The van der Waals surface area contributed by atoms with E-state index >= 15 is 0 Å². The third-order valence-corrected chi connectivity index (χ3v) is 4.63. The summed E-state index contributed by atoms with van der Waals surface area (Å²) in [4.78, 5) is 39.4. The van der Waals surface area contributed by atoms with Gasteiger partial charge in [0.15, 0.2) is 11.6 Å². The molecule has 1 aromatic rings. The van der Waals surface area contributed by atoms with Crippen LogP contribution in [0.4, 0.5) is 0 Å². The number of aromatic amines is 1. The Morgan fingerprint density at radius 3 is 2.37 bits per heavy atom. The average Bonchev–Trinajstić information content (AvgIpc) is 2.94. The number of ketones is 3. The molecular formula is C15H13NO3. The molecule has 4 rings (SSSR count). The molecule has 3 aliphatic rings. The predicted molar refractivity (Wildman–Crippen MR) is 67.6 cm³/mol. The molecule has 2 unspecified atom stereocenters. The largest absolute Gasteiger partial charge is 0.354 e. The summed E-state index contributed by atoms with van der Waals surface area (Å²) in [5.74, 6) is -0.159. The third kappa shape index (κ3) is 1.26. The van der Waals surface area contributed by atoms with Crippen LogP contribution in [0, 0.1) is 5.92 Å². The fourth-order valence-corrected chi connectivity index (χ4v) is 3.78. The van der Waals surface area contributed by atoms with Gasteiger partial charge in [-0.1, -0.05) is 12.8 Å². The van der Waals surface area contributed by atoms with E-state index in [1.807, 2.05) is 0 Å². The van der Waals surface area contributed by atoms with Gasteiger partial charge in [0, 0.05) is 17.5 Å². The van der Waals surface area contributed by atoms with Crippen LogP contribution in [0.5, 0.6) is 0 Å². The second kappa shape index (κ2) is 3.53. The van der Waals surface area contributed by atoms with E-state index < -0.39 is 0 Å². The summed E-state index contributed by atoms with van der Waals surface area (Å²) in [6.07, 6.45) is 6.61. The van der Waals surface area contributed by atoms with Crippen LogP contribution in [-0.2, 0) is 0 Å². The molecule has 0 bridgehead atoms. The van der Waals surface area contributed by atoms with Crippen molar-refractivity contribution < 1.29 is 14.4 Å². The molecule has 1 heterocycles. The van der Waals surface area contributed by atoms with Gasteiger partial charge in [0.05, 0.1) is 16.8 Å². The van der Waals surface area contributed by atoms with Crippen LogP contribution in [0.3, 0.4) is 0 Å². The van der Waals surface area contributed by atoms with Gasteiger partial charge in [-0.3, -0.25) is 14.4 Å². The van der Waals surface area contributed by atoms with Crippen molar-refractivity contribution >= 4 is 17.3 Å². The van der Waals surface area contributed by atoms with E-state index in [1.54, 1.807) is 0 Å². The zero-order chi connectivity index (χ0) is 13.1. The van der Waals surface area contributed by atoms with E-state index in [4.69, 9.17) is 0 Å². The van der Waals surface area contributed by atoms with Gasteiger partial charge in [-0.05, 0) is 25.0 Å². The van der Waals surface area contributed by atoms with Crippen LogP contribution in [0.25, 0.3) is 0 Å². The molecule has 0 aliphatic heterocycles. The lowest BCUT2D eigenvalue weighted by molar-refractivity contribution is 0.0890. The molecule has 0 aromatic carbocycles. The zero-order valence-electron chi connectivity index (χ0n) is 10.4. The topological polar surface area (TPSA) is 67.0 Å². The molecule has 0 saturated heterocycles. The molecule has 1 fully saturated rings.